The molecule has 0 saturated carbocycles. The number of benzene rings is 1. The van der Waals surface area contributed by atoms with Crippen LogP contribution in [0.15, 0.2) is 24.3 Å². The SMILES string of the molecule is CC1CC(CN)CN1C(=O)c1cccc(C(N)=O)c1.Cl. The minimum atomic E-state index is -0.524. The highest BCUT2D eigenvalue weighted by Crippen LogP contribution is 2.24. The third-order valence-electron chi connectivity index (χ3n) is 3.65. The van der Waals surface area contributed by atoms with Gasteiger partial charge >= 0.3 is 0 Å². The van der Waals surface area contributed by atoms with E-state index in [4.69, 9.17) is 11.5 Å². The van der Waals surface area contributed by atoms with E-state index in [-0.39, 0.29) is 24.4 Å². The minimum Gasteiger partial charge on any atom is -0.366 e. The first-order valence-electron chi connectivity index (χ1n) is 6.43. The summed E-state index contributed by atoms with van der Waals surface area (Å²) in [7, 11) is 0. The van der Waals surface area contributed by atoms with Crippen LogP contribution < -0.4 is 11.5 Å². The van der Waals surface area contributed by atoms with Gasteiger partial charge in [-0.3, -0.25) is 9.59 Å². The number of hydrogen-bond donors (Lipinski definition) is 2. The molecule has 1 aromatic carbocycles. The van der Waals surface area contributed by atoms with Crippen molar-refractivity contribution in [1.29, 1.82) is 0 Å². The van der Waals surface area contributed by atoms with E-state index >= 15 is 0 Å². The zero-order chi connectivity index (χ0) is 14.0. The third-order valence-corrected chi connectivity index (χ3v) is 3.65. The molecule has 4 N–H and O–H groups in total. The maximum Gasteiger partial charge on any atom is 0.254 e. The van der Waals surface area contributed by atoms with Crippen LogP contribution in [-0.2, 0) is 0 Å². The summed E-state index contributed by atoms with van der Waals surface area (Å²) in [5.74, 6) is -0.228. The van der Waals surface area contributed by atoms with Crippen molar-refractivity contribution in [3.63, 3.8) is 0 Å². The van der Waals surface area contributed by atoms with E-state index in [1.807, 2.05) is 11.8 Å². The van der Waals surface area contributed by atoms with Crippen molar-refractivity contribution in [2.75, 3.05) is 13.1 Å². The predicted octanol–water partition coefficient (Wildman–Crippen LogP) is 1.02. The van der Waals surface area contributed by atoms with Crippen LogP contribution in [0, 0.1) is 5.92 Å². The summed E-state index contributed by atoms with van der Waals surface area (Å²) < 4.78 is 0. The Balaban J connectivity index is 0.00000200. The highest BCUT2D eigenvalue weighted by Gasteiger charge is 2.32. The van der Waals surface area contributed by atoms with Crippen molar-refractivity contribution >= 4 is 24.2 Å². The van der Waals surface area contributed by atoms with Gasteiger partial charge in [0.1, 0.15) is 0 Å². The Morgan fingerprint density at radius 1 is 1.35 bits per heavy atom. The van der Waals surface area contributed by atoms with Gasteiger partial charge in [-0.2, -0.15) is 0 Å². The topological polar surface area (TPSA) is 89.4 Å². The molecule has 0 aliphatic carbocycles. The lowest BCUT2D eigenvalue weighted by molar-refractivity contribution is 0.0743. The van der Waals surface area contributed by atoms with E-state index in [0.29, 0.717) is 30.1 Å². The quantitative estimate of drug-likeness (QED) is 0.873. The number of carbonyl (C=O) groups excluding carboxylic acids is 2. The first-order chi connectivity index (χ1) is 9.02. The first-order valence-corrected chi connectivity index (χ1v) is 6.43. The number of carbonyl (C=O) groups is 2. The van der Waals surface area contributed by atoms with Gasteiger partial charge in [0.05, 0.1) is 0 Å². The summed E-state index contributed by atoms with van der Waals surface area (Å²) in [4.78, 5) is 25.4. The second kappa shape index (κ2) is 6.72. The van der Waals surface area contributed by atoms with Crippen LogP contribution in [0.4, 0.5) is 0 Å². The highest BCUT2D eigenvalue weighted by molar-refractivity contribution is 5.99. The second-order valence-corrected chi connectivity index (χ2v) is 5.09. The molecule has 2 rings (SSSR count). The second-order valence-electron chi connectivity index (χ2n) is 5.09. The number of hydrogen-bond acceptors (Lipinski definition) is 3. The molecule has 1 saturated heterocycles. The summed E-state index contributed by atoms with van der Waals surface area (Å²) in [5.41, 5.74) is 11.7. The molecular weight excluding hydrogens is 278 g/mol. The van der Waals surface area contributed by atoms with Crippen molar-refractivity contribution in [1.82, 2.24) is 4.90 Å². The molecule has 2 unspecified atom stereocenters. The highest BCUT2D eigenvalue weighted by atomic mass is 35.5. The molecule has 5 nitrogen and oxygen atoms in total. The van der Waals surface area contributed by atoms with Crippen LogP contribution in [0.25, 0.3) is 0 Å². The standard InChI is InChI=1S/C14H19N3O2.ClH/c1-9-5-10(7-15)8-17(9)14(19)12-4-2-3-11(6-12)13(16)18;/h2-4,6,9-10H,5,7-8,15H2,1H3,(H2,16,18);1H. The molecule has 0 spiro atoms. The average molecular weight is 298 g/mol. The van der Waals surface area contributed by atoms with E-state index in [0.717, 1.165) is 6.42 Å². The Labute approximate surface area is 124 Å². The molecule has 0 bridgehead atoms. The van der Waals surface area contributed by atoms with Crippen LogP contribution in [0.1, 0.15) is 34.1 Å². The Morgan fingerprint density at radius 2 is 2.00 bits per heavy atom. The zero-order valence-corrected chi connectivity index (χ0v) is 12.2. The first kappa shape index (κ1) is 16.5. The number of primary amides is 1. The molecule has 1 aliphatic rings. The van der Waals surface area contributed by atoms with Gasteiger partial charge < -0.3 is 16.4 Å². The maximum atomic E-state index is 12.4. The Hall–Kier alpha value is -1.59. The van der Waals surface area contributed by atoms with Crippen LogP contribution in [0.5, 0.6) is 0 Å². The molecular formula is C14H20ClN3O2. The van der Waals surface area contributed by atoms with E-state index in [1.54, 1.807) is 24.3 Å². The third kappa shape index (κ3) is 3.29. The zero-order valence-electron chi connectivity index (χ0n) is 11.4. The Kier molecular flexibility index (Phi) is 5.53. The van der Waals surface area contributed by atoms with Crippen molar-refractivity contribution in [2.45, 2.75) is 19.4 Å². The molecule has 2 amide bonds. The summed E-state index contributed by atoms with van der Waals surface area (Å²) in [6.07, 6.45) is 0.928. The normalized spacial score (nSPS) is 21.4. The van der Waals surface area contributed by atoms with Crippen LogP contribution in [0.3, 0.4) is 0 Å². The Bertz CT molecular complexity index is 507. The lowest BCUT2D eigenvalue weighted by Gasteiger charge is -2.21. The lowest BCUT2D eigenvalue weighted by atomic mass is 10.1. The molecule has 20 heavy (non-hydrogen) atoms. The molecule has 0 aromatic heterocycles. The fourth-order valence-electron chi connectivity index (χ4n) is 2.57. The van der Waals surface area contributed by atoms with Crippen molar-refractivity contribution < 1.29 is 9.59 Å². The maximum absolute atomic E-state index is 12.4. The lowest BCUT2D eigenvalue weighted by Crippen LogP contribution is -2.34. The van der Waals surface area contributed by atoms with Gasteiger partial charge in [-0.25, -0.2) is 0 Å². The number of halogens is 1. The number of amides is 2. The molecule has 1 heterocycles. The number of rotatable bonds is 3. The van der Waals surface area contributed by atoms with Crippen molar-refractivity contribution in [3.8, 4) is 0 Å². The number of nitrogens with two attached hydrogens (primary N) is 2. The van der Waals surface area contributed by atoms with E-state index in [9.17, 15) is 9.59 Å². The van der Waals surface area contributed by atoms with E-state index in [2.05, 4.69) is 0 Å². The molecule has 1 fully saturated rings. The molecule has 1 aromatic rings. The van der Waals surface area contributed by atoms with Gasteiger partial charge in [0.15, 0.2) is 0 Å². The molecule has 6 heteroatoms. The summed E-state index contributed by atoms with van der Waals surface area (Å²) in [5, 5.41) is 0. The molecule has 2 atom stereocenters. The van der Waals surface area contributed by atoms with Crippen molar-refractivity contribution in [2.24, 2.45) is 17.4 Å². The average Bonchev–Trinajstić information content (AvgIpc) is 2.79. The fraction of sp³-hybridized carbons (Fsp3) is 0.429. The molecule has 1 aliphatic heterocycles. The summed E-state index contributed by atoms with van der Waals surface area (Å²) in [6.45, 7) is 3.29. The van der Waals surface area contributed by atoms with Crippen LogP contribution >= 0.6 is 12.4 Å². The Morgan fingerprint density at radius 3 is 2.55 bits per heavy atom. The van der Waals surface area contributed by atoms with Gasteiger partial charge in [0.2, 0.25) is 5.91 Å². The molecule has 0 radical (unpaired) electrons. The van der Waals surface area contributed by atoms with Crippen LogP contribution in [-0.4, -0.2) is 35.8 Å². The number of nitrogens with zero attached hydrogens (tertiary/aromatic N) is 1. The van der Waals surface area contributed by atoms with Gasteiger partial charge in [-0.05, 0) is 44.0 Å². The van der Waals surface area contributed by atoms with Gasteiger partial charge in [-0.15, -0.1) is 12.4 Å². The largest absolute Gasteiger partial charge is 0.366 e. The van der Waals surface area contributed by atoms with Gasteiger partial charge in [0, 0.05) is 23.7 Å². The van der Waals surface area contributed by atoms with Crippen molar-refractivity contribution in [3.05, 3.63) is 35.4 Å². The monoisotopic (exact) mass is 297 g/mol. The molecule has 110 valence electrons. The van der Waals surface area contributed by atoms with E-state index in [1.165, 1.54) is 0 Å². The van der Waals surface area contributed by atoms with Gasteiger partial charge in [-0.1, -0.05) is 6.07 Å². The minimum absolute atomic E-state index is 0. The fourth-order valence-corrected chi connectivity index (χ4v) is 2.57. The smallest absolute Gasteiger partial charge is 0.254 e. The number of likely N-dealkylation sites (tertiary alicyclic amines) is 1. The summed E-state index contributed by atoms with van der Waals surface area (Å²) in [6, 6.07) is 6.71. The van der Waals surface area contributed by atoms with E-state index < -0.39 is 5.91 Å². The summed E-state index contributed by atoms with van der Waals surface area (Å²) >= 11 is 0. The predicted molar refractivity (Wildman–Crippen MR) is 79.9 cm³/mol. The van der Waals surface area contributed by atoms with Gasteiger partial charge in [0.25, 0.3) is 5.91 Å². The van der Waals surface area contributed by atoms with Crippen LogP contribution in [0.2, 0.25) is 0 Å².